The summed E-state index contributed by atoms with van der Waals surface area (Å²) in [7, 11) is -3.18. The summed E-state index contributed by atoms with van der Waals surface area (Å²) in [4.78, 5) is 12.5. The molecule has 0 aliphatic heterocycles. The third kappa shape index (κ3) is 4.41. The summed E-state index contributed by atoms with van der Waals surface area (Å²) < 4.78 is 6.45. The van der Waals surface area contributed by atoms with Gasteiger partial charge in [0.1, 0.15) is 11.2 Å². The molecule has 1 N–H and O–H groups in total. The van der Waals surface area contributed by atoms with Crippen molar-refractivity contribution < 1.29 is 9.31 Å². The molecule has 0 saturated carbocycles. The zero-order valence-corrected chi connectivity index (χ0v) is 28.1. The minimum atomic E-state index is -3.18. The van der Waals surface area contributed by atoms with Crippen molar-refractivity contribution in [2.75, 3.05) is 0 Å². The molecule has 0 radical (unpaired) electrons. The van der Waals surface area contributed by atoms with Crippen LogP contribution in [0.2, 0.25) is 0 Å². The van der Waals surface area contributed by atoms with Crippen LogP contribution in [-0.4, -0.2) is 4.89 Å². The number of hydrogen-bond acceptors (Lipinski definition) is 2. The van der Waals surface area contributed by atoms with Crippen molar-refractivity contribution in [3.63, 3.8) is 0 Å². The molecule has 0 fully saturated rings. The van der Waals surface area contributed by atoms with Crippen LogP contribution in [-0.2, 0) is 0 Å². The van der Waals surface area contributed by atoms with Crippen LogP contribution in [0.15, 0.2) is 162 Å². The van der Waals surface area contributed by atoms with Gasteiger partial charge < -0.3 is 4.42 Å². The van der Waals surface area contributed by atoms with Gasteiger partial charge in [0.25, 0.3) is 0 Å². The van der Waals surface area contributed by atoms with Crippen LogP contribution >= 0.6 is 7.49 Å². The Bertz CT molecular complexity index is 2480. The summed E-state index contributed by atoms with van der Waals surface area (Å²) >= 11 is 0. The first-order valence-electron chi connectivity index (χ1n) is 17.3. The van der Waals surface area contributed by atoms with Crippen molar-refractivity contribution in [3.8, 4) is 11.1 Å². The van der Waals surface area contributed by atoms with Crippen LogP contribution < -0.4 is 15.9 Å². The summed E-state index contributed by atoms with van der Waals surface area (Å²) in [5, 5.41) is 5.39. The Kier molecular flexibility index (Phi) is 6.53. The van der Waals surface area contributed by atoms with Crippen molar-refractivity contribution in [1.82, 2.24) is 0 Å². The van der Waals surface area contributed by atoms with Crippen LogP contribution in [0, 0.1) is 0 Å². The average Bonchev–Trinajstić information content (AvgIpc) is 3.72. The van der Waals surface area contributed by atoms with Gasteiger partial charge in [0.05, 0.1) is 0 Å². The summed E-state index contributed by atoms with van der Waals surface area (Å²) in [5.41, 5.74) is 14.1. The molecule has 0 saturated heterocycles. The number of rotatable bonds is 5. The Morgan fingerprint density at radius 1 is 0.612 bits per heavy atom. The molecule has 1 aromatic heterocycles. The number of hydrogen-bond donors (Lipinski definition) is 1. The van der Waals surface area contributed by atoms with Gasteiger partial charge in [0.2, 0.25) is 0 Å². The molecule has 3 aliphatic carbocycles. The van der Waals surface area contributed by atoms with Gasteiger partial charge in [-0.3, -0.25) is 0 Å². The SMILES string of the molecule is O[PH](c1ccccc1)(c1ccccc1)c1cccc(-c2ccc(C3=CC4=C(CC3)c3cc5c(oc6ccccc65)c5c3C4CC=C5)cc2)c1. The number of fused-ring (bicyclic) bond motifs is 6. The molecule has 0 spiro atoms. The zero-order chi connectivity index (χ0) is 32.5. The first-order valence-corrected chi connectivity index (χ1v) is 19.2. The van der Waals surface area contributed by atoms with Gasteiger partial charge in [-0.05, 0) is 12.1 Å². The quantitative estimate of drug-likeness (QED) is 0.188. The van der Waals surface area contributed by atoms with Gasteiger partial charge in [-0.15, -0.1) is 0 Å². The minimum absolute atomic E-state index is 0.386. The maximum absolute atomic E-state index is 12.5. The molecule has 3 aliphatic rings. The van der Waals surface area contributed by atoms with Crippen molar-refractivity contribution in [2.45, 2.75) is 25.2 Å². The molecular weight excluding hydrogens is 615 g/mol. The summed E-state index contributed by atoms with van der Waals surface area (Å²) in [5.74, 6) is 0.386. The maximum atomic E-state index is 12.5. The topological polar surface area (TPSA) is 33.4 Å². The van der Waals surface area contributed by atoms with Crippen LogP contribution in [0.5, 0.6) is 0 Å². The van der Waals surface area contributed by atoms with Gasteiger partial charge in [-0.2, -0.15) is 0 Å². The molecular formula is C46H35O2P. The van der Waals surface area contributed by atoms with Crippen molar-refractivity contribution in [2.24, 2.45) is 0 Å². The Balaban J connectivity index is 0.998. The number of para-hydroxylation sites is 1. The van der Waals surface area contributed by atoms with Crippen molar-refractivity contribution in [3.05, 3.63) is 180 Å². The molecule has 236 valence electrons. The third-order valence-corrected chi connectivity index (χ3v) is 14.5. The van der Waals surface area contributed by atoms with Crippen LogP contribution in [0.25, 0.3) is 50.3 Å². The number of benzene rings is 6. The fourth-order valence-corrected chi connectivity index (χ4v) is 11.7. The number of furan rings is 1. The molecule has 49 heavy (non-hydrogen) atoms. The Morgan fingerprint density at radius 2 is 1.31 bits per heavy atom. The predicted octanol–water partition coefficient (Wildman–Crippen LogP) is 10.3. The molecule has 7 aromatic rings. The predicted molar refractivity (Wildman–Crippen MR) is 208 cm³/mol. The normalized spacial score (nSPS) is 16.9. The van der Waals surface area contributed by atoms with E-state index in [2.05, 4.69) is 121 Å². The molecule has 1 atom stereocenters. The molecule has 0 bridgehead atoms. The van der Waals surface area contributed by atoms with Gasteiger partial charge >= 0.3 is 213 Å². The Labute approximate surface area is 286 Å². The van der Waals surface area contributed by atoms with E-state index in [9.17, 15) is 4.89 Å². The summed E-state index contributed by atoms with van der Waals surface area (Å²) in [6, 6.07) is 48.8. The second kappa shape index (κ2) is 11.1. The molecule has 1 unspecified atom stereocenters. The van der Waals surface area contributed by atoms with E-state index in [0.29, 0.717) is 5.92 Å². The van der Waals surface area contributed by atoms with Crippen molar-refractivity contribution in [1.29, 1.82) is 0 Å². The van der Waals surface area contributed by atoms with Gasteiger partial charge in [0.15, 0.2) is 0 Å². The first-order chi connectivity index (χ1) is 24.2. The van der Waals surface area contributed by atoms with Crippen LogP contribution in [0.3, 0.4) is 0 Å². The summed E-state index contributed by atoms with van der Waals surface area (Å²) in [6.07, 6.45) is 10.2. The van der Waals surface area contributed by atoms with E-state index in [1.165, 1.54) is 49.7 Å². The molecule has 2 nitrogen and oxygen atoms in total. The van der Waals surface area contributed by atoms with Crippen LogP contribution in [0.1, 0.15) is 47.4 Å². The fraction of sp³-hybridized carbons (Fsp3) is 0.0870. The average molecular weight is 651 g/mol. The monoisotopic (exact) mass is 650 g/mol. The van der Waals surface area contributed by atoms with E-state index >= 15 is 0 Å². The van der Waals surface area contributed by atoms with E-state index in [0.717, 1.165) is 57.5 Å². The Morgan fingerprint density at radius 3 is 2.08 bits per heavy atom. The molecule has 6 aromatic carbocycles. The van der Waals surface area contributed by atoms with E-state index in [-0.39, 0.29) is 0 Å². The van der Waals surface area contributed by atoms with Crippen LogP contribution in [0.4, 0.5) is 0 Å². The standard InChI is InChI=1S/C46H35O2P/c47-49(34-12-3-1-4-13-34,35-14-5-2-6-15-35)36-16-9-11-32(27-36)30-21-23-31(24-22-30)33-25-26-37-41(28-33)39-18-10-19-40-45(39)42(37)29-43-38-17-7-8-20-44(38)48-46(40)43/h1-17,19-24,27-29,39,47,49H,18,25-26H2. The third-order valence-electron chi connectivity index (χ3n) is 11.0. The molecule has 1 heterocycles. The van der Waals surface area contributed by atoms with Gasteiger partial charge in [-0.1, -0.05) is 30.4 Å². The van der Waals surface area contributed by atoms with Gasteiger partial charge in [0, 0.05) is 16.3 Å². The molecule has 10 rings (SSSR count). The molecule has 0 amide bonds. The Hall–Kier alpha value is -5.27. The van der Waals surface area contributed by atoms with E-state index < -0.39 is 7.49 Å². The summed E-state index contributed by atoms with van der Waals surface area (Å²) in [6.45, 7) is 0. The molecule has 3 heteroatoms. The zero-order valence-electron chi connectivity index (χ0n) is 27.1. The first kappa shape index (κ1) is 28.7. The number of allylic oxidation sites excluding steroid dienone is 5. The second-order valence-corrected chi connectivity index (χ2v) is 16.8. The van der Waals surface area contributed by atoms with Gasteiger partial charge in [-0.25, -0.2) is 0 Å². The second-order valence-electron chi connectivity index (χ2n) is 13.6. The fourth-order valence-electron chi connectivity index (χ4n) is 8.65. The van der Waals surface area contributed by atoms with E-state index in [4.69, 9.17) is 4.42 Å². The van der Waals surface area contributed by atoms with Crippen molar-refractivity contribution >= 4 is 62.6 Å². The van der Waals surface area contributed by atoms with E-state index in [1.807, 2.05) is 36.4 Å². The van der Waals surface area contributed by atoms with E-state index in [1.54, 1.807) is 0 Å².